The highest BCUT2D eigenvalue weighted by molar-refractivity contribution is 6.29. The van der Waals surface area contributed by atoms with Crippen molar-refractivity contribution in [2.45, 2.75) is 50.8 Å². The molecule has 3 N–H and O–H groups in total. The van der Waals surface area contributed by atoms with E-state index >= 15 is 0 Å². The van der Waals surface area contributed by atoms with E-state index in [0.717, 1.165) is 53.1 Å². The van der Waals surface area contributed by atoms with Gasteiger partial charge in [-0.25, -0.2) is 4.98 Å². The lowest BCUT2D eigenvalue weighted by atomic mass is 9.90. The van der Waals surface area contributed by atoms with Gasteiger partial charge in [0.15, 0.2) is 0 Å². The first-order valence-electron chi connectivity index (χ1n) is 10.8. The van der Waals surface area contributed by atoms with Crippen molar-refractivity contribution in [3.8, 4) is 0 Å². The number of pyridine rings is 1. The lowest BCUT2D eigenvalue weighted by Crippen LogP contribution is -2.45. The number of amides is 1. The SMILES string of the molecule is CNCc1c(C(=O)N[C@H]2CCCC[C@@H]2O)cc(Cc2ccc(Cl)nc2)c2ccccc12. The van der Waals surface area contributed by atoms with E-state index in [1.165, 1.54) is 0 Å². The molecule has 1 saturated carbocycles. The van der Waals surface area contributed by atoms with Crippen LogP contribution in [0.3, 0.4) is 0 Å². The van der Waals surface area contributed by atoms with Crippen molar-refractivity contribution >= 4 is 28.3 Å². The first-order chi connectivity index (χ1) is 15.1. The quantitative estimate of drug-likeness (QED) is 0.504. The molecule has 1 amide bonds. The molecular weight excluding hydrogens is 410 g/mol. The Labute approximate surface area is 187 Å². The molecule has 1 fully saturated rings. The van der Waals surface area contributed by atoms with E-state index in [1.807, 2.05) is 31.3 Å². The molecule has 0 spiro atoms. The summed E-state index contributed by atoms with van der Waals surface area (Å²) in [5, 5.41) is 19.3. The van der Waals surface area contributed by atoms with E-state index in [0.29, 0.717) is 23.7 Å². The Morgan fingerprint density at radius 1 is 1.16 bits per heavy atom. The molecule has 2 atom stereocenters. The summed E-state index contributed by atoms with van der Waals surface area (Å²) in [6.45, 7) is 0.583. The number of hydrogen-bond donors (Lipinski definition) is 3. The van der Waals surface area contributed by atoms with Crippen molar-refractivity contribution in [3.05, 3.63) is 76.1 Å². The average Bonchev–Trinajstić information content (AvgIpc) is 2.78. The van der Waals surface area contributed by atoms with E-state index in [-0.39, 0.29) is 11.9 Å². The fourth-order valence-corrected chi connectivity index (χ4v) is 4.60. The summed E-state index contributed by atoms with van der Waals surface area (Å²) in [6, 6.07) is 13.7. The highest BCUT2D eigenvalue weighted by atomic mass is 35.5. The van der Waals surface area contributed by atoms with Gasteiger partial charge < -0.3 is 15.7 Å². The van der Waals surface area contributed by atoms with Crippen molar-refractivity contribution in [1.82, 2.24) is 15.6 Å². The Morgan fingerprint density at radius 3 is 2.65 bits per heavy atom. The number of nitrogens with zero attached hydrogens (tertiary/aromatic N) is 1. The van der Waals surface area contributed by atoms with Crippen LogP contribution in [0.4, 0.5) is 0 Å². The van der Waals surface area contributed by atoms with Crippen LogP contribution in [0.1, 0.15) is 52.7 Å². The highest BCUT2D eigenvalue weighted by Crippen LogP contribution is 2.29. The molecule has 0 radical (unpaired) electrons. The zero-order valence-electron chi connectivity index (χ0n) is 17.7. The molecule has 6 heteroatoms. The largest absolute Gasteiger partial charge is 0.391 e. The van der Waals surface area contributed by atoms with Crippen LogP contribution in [-0.4, -0.2) is 35.2 Å². The fourth-order valence-electron chi connectivity index (χ4n) is 4.48. The zero-order chi connectivity index (χ0) is 21.8. The number of hydrogen-bond acceptors (Lipinski definition) is 4. The van der Waals surface area contributed by atoms with Gasteiger partial charge in [0.25, 0.3) is 5.91 Å². The second-order valence-electron chi connectivity index (χ2n) is 8.24. The topological polar surface area (TPSA) is 74.2 Å². The molecule has 0 unspecified atom stereocenters. The molecule has 4 rings (SSSR count). The Bertz CT molecular complexity index is 1070. The van der Waals surface area contributed by atoms with E-state index < -0.39 is 6.10 Å². The molecule has 0 bridgehead atoms. The van der Waals surface area contributed by atoms with Gasteiger partial charge in [-0.2, -0.15) is 0 Å². The molecule has 1 aliphatic rings. The number of rotatable bonds is 6. The number of aliphatic hydroxyl groups is 1. The summed E-state index contributed by atoms with van der Waals surface area (Å²) >= 11 is 5.94. The van der Waals surface area contributed by atoms with Gasteiger partial charge in [-0.3, -0.25) is 4.79 Å². The maximum atomic E-state index is 13.4. The molecule has 2 aromatic carbocycles. The number of carbonyl (C=O) groups is 1. The maximum Gasteiger partial charge on any atom is 0.251 e. The molecule has 0 aliphatic heterocycles. The van der Waals surface area contributed by atoms with Gasteiger partial charge in [-0.15, -0.1) is 0 Å². The van der Waals surface area contributed by atoms with Gasteiger partial charge >= 0.3 is 0 Å². The normalized spacial score (nSPS) is 18.8. The fraction of sp³-hybridized carbons (Fsp3) is 0.360. The maximum absolute atomic E-state index is 13.4. The lowest BCUT2D eigenvalue weighted by molar-refractivity contribution is 0.0716. The van der Waals surface area contributed by atoms with E-state index in [1.54, 1.807) is 12.3 Å². The molecule has 162 valence electrons. The summed E-state index contributed by atoms with van der Waals surface area (Å²) in [5.74, 6) is -0.127. The second kappa shape index (κ2) is 9.77. The highest BCUT2D eigenvalue weighted by Gasteiger charge is 2.26. The molecule has 3 aromatic rings. The van der Waals surface area contributed by atoms with Crippen LogP contribution < -0.4 is 10.6 Å². The molecule has 1 aliphatic carbocycles. The molecule has 5 nitrogen and oxygen atoms in total. The summed E-state index contributed by atoms with van der Waals surface area (Å²) in [6.07, 6.45) is 5.52. The predicted octanol–water partition coefficient (Wildman–Crippen LogP) is 4.23. The number of benzene rings is 2. The van der Waals surface area contributed by atoms with Gasteiger partial charge in [-0.1, -0.05) is 54.8 Å². The van der Waals surface area contributed by atoms with Crippen molar-refractivity contribution in [1.29, 1.82) is 0 Å². The Hall–Kier alpha value is -2.47. The smallest absolute Gasteiger partial charge is 0.251 e. The minimum atomic E-state index is -0.481. The third kappa shape index (κ3) is 4.90. The Kier molecular flexibility index (Phi) is 6.86. The minimum Gasteiger partial charge on any atom is -0.391 e. The molecular formula is C25H28ClN3O2. The third-order valence-electron chi connectivity index (χ3n) is 6.07. The molecule has 1 aromatic heterocycles. The van der Waals surface area contributed by atoms with Crippen molar-refractivity contribution < 1.29 is 9.90 Å². The van der Waals surface area contributed by atoms with Crippen LogP contribution in [0.15, 0.2) is 48.7 Å². The first-order valence-corrected chi connectivity index (χ1v) is 11.2. The molecule has 1 heterocycles. The lowest BCUT2D eigenvalue weighted by Gasteiger charge is -2.29. The zero-order valence-corrected chi connectivity index (χ0v) is 18.5. The third-order valence-corrected chi connectivity index (χ3v) is 6.29. The number of carbonyl (C=O) groups excluding carboxylic acids is 1. The minimum absolute atomic E-state index is 0.127. The van der Waals surface area contributed by atoms with E-state index in [4.69, 9.17) is 11.6 Å². The number of fused-ring (bicyclic) bond motifs is 1. The molecule has 31 heavy (non-hydrogen) atoms. The van der Waals surface area contributed by atoms with Gasteiger partial charge in [-0.05, 0) is 65.9 Å². The number of aliphatic hydroxyl groups excluding tert-OH is 1. The summed E-state index contributed by atoms with van der Waals surface area (Å²) in [4.78, 5) is 17.6. The monoisotopic (exact) mass is 437 g/mol. The summed E-state index contributed by atoms with van der Waals surface area (Å²) in [5.41, 5.74) is 3.72. The van der Waals surface area contributed by atoms with Crippen LogP contribution in [0.2, 0.25) is 5.15 Å². The van der Waals surface area contributed by atoms with Gasteiger partial charge in [0.05, 0.1) is 12.1 Å². The van der Waals surface area contributed by atoms with E-state index in [2.05, 4.69) is 27.8 Å². The van der Waals surface area contributed by atoms with E-state index in [9.17, 15) is 9.90 Å². The van der Waals surface area contributed by atoms with Crippen LogP contribution in [0.25, 0.3) is 10.8 Å². The van der Waals surface area contributed by atoms with Crippen molar-refractivity contribution in [2.75, 3.05) is 7.05 Å². The summed E-state index contributed by atoms with van der Waals surface area (Å²) in [7, 11) is 1.88. The van der Waals surface area contributed by atoms with Crippen LogP contribution in [0.5, 0.6) is 0 Å². The van der Waals surface area contributed by atoms with Crippen LogP contribution in [-0.2, 0) is 13.0 Å². The van der Waals surface area contributed by atoms with Crippen molar-refractivity contribution in [3.63, 3.8) is 0 Å². The van der Waals surface area contributed by atoms with Crippen LogP contribution in [0, 0.1) is 0 Å². The number of nitrogens with one attached hydrogen (secondary N) is 2. The number of halogens is 1. The average molecular weight is 438 g/mol. The standard InChI is InChI=1S/C25H28ClN3O2/c1-27-15-21-19-7-3-2-6-18(19)17(12-16-10-11-24(26)28-14-16)13-20(21)25(31)29-22-8-4-5-9-23(22)30/h2-3,6-7,10-11,13-14,22-23,27,30H,4-5,8-9,12,15H2,1H3,(H,29,31)/t22-,23-/m0/s1. The van der Waals surface area contributed by atoms with Gasteiger partial charge in [0, 0.05) is 18.3 Å². The van der Waals surface area contributed by atoms with Gasteiger partial charge in [0.2, 0.25) is 0 Å². The Balaban J connectivity index is 1.76. The summed E-state index contributed by atoms with van der Waals surface area (Å²) < 4.78 is 0. The van der Waals surface area contributed by atoms with Crippen LogP contribution >= 0.6 is 11.6 Å². The first kappa shape index (κ1) is 21.8. The predicted molar refractivity (Wildman–Crippen MR) is 124 cm³/mol. The second-order valence-corrected chi connectivity index (χ2v) is 8.62. The van der Waals surface area contributed by atoms with Gasteiger partial charge in [0.1, 0.15) is 5.15 Å². The molecule has 0 saturated heterocycles. The Morgan fingerprint density at radius 2 is 1.94 bits per heavy atom. The number of aromatic nitrogens is 1. The van der Waals surface area contributed by atoms with Crippen molar-refractivity contribution in [2.24, 2.45) is 0 Å².